The van der Waals surface area contributed by atoms with Crippen LogP contribution in [0.25, 0.3) is 0 Å². The molecule has 0 saturated carbocycles. The fraction of sp³-hybridized carbons (Fsp3) is 0.286. The maximum absolute atomic E-state index is 11.1. The second-order valence-corrected chi connectivity index (χ2v) is 2.59. The smallest absolute Gasteiger partial charge is 0.342 e. The quantitative estimate of drug-likeness (QED) is 0.544. The van der Waals surface area contributed by atoms with E-state index >= 15 is 0 Å². The van der Waals surface area contributed by atoms with Crippen LogP contribution in [-0.2, 0) is 6.67 Å². The number of carboxylic acid groups (broad SMARTS) is 1. The Morgan fingerprint density at radius 3 is 2.79 bits per heavy atom. The largest absolute Gasteiger partial charge is 0.477 e. The molecule has 0 fully saturated rings. The zero-order valence-corrected chi connectivity index (χ0v) is 7.40. The zero-order valence-electron chi connectivity index (χ0n) is 7.40. The van der Waals surface area contributed by atoms with E-state index in [-0.39, 0.29) is 6.67 Å². The third-order valence-electron chi connectivity index (χ3n) is 1.57. The summed E-state index contributed by atoms with van der Waals surface area (Å²) in [5.41, 5.74) is -2.00. The molecule has 0 atom stereocenters. The lowest BCUT2D eigenvalue weighted by Gasteiger charge is -2.03. The molecule has 0 aliphatic rings. The molecule has 0 spiro atoms. The third-order valence-corrected chi connectivity index (χ3v) is 1.57. The Labute approximate surface area is 78.0 Å². The monoisotopic (exact) mass is 199 g/mol. The van der Waals surface area contributed by atoms with Gasteiger partial charge in [0.2, 0.25) is 0 Å². The van der Waals surface area contributed by atoms with E-state index in [1.807, 2.05) is 4.98 Å². The van der Waals surface area contributed by atoms with Crippen LogP contribution in [0.2, 0.25) is 0 Å². The Balaban J connectivity index is 3.35. The normalized spacial score (nSPS) is 10.1. The molecular formula is C7H9N3O4. The Morgan fingerprint density at radius 2 is 2.29 bits per heavy atom. The molecule has 0 aliphatic heterocycles. The number of aromatic carboxylic acids is 1. The summed E-state index contributed by atoms with van der Waals surface area (Å²) in [6, 6.07) is 0. The first-order valence-corrected chi connectivity index (χ1v) is 3.78. The molecule has 0 aromatic carbocycles. The van der Waals surface area contributed by atoms with E-state index in [0.717, 1.165) is 10.8 Å². The van der Waals surface area contributed by atoms with Gasteiger partial charge in [-0.05, 0) is 7.05 Å². The Morgan fingerprint density at radius 1 is 1.64 bits per heavy atom. The standard InChI is InChI=1S/C7H9N3O4/c1-8-3-10-2-4(6(12)13)5(11)9-7(10)14/h2,8H,3H2,1H3,(H,12,13)(H,9,11,14). The first kappa shape index (κ1) is 10.2. The van der Waals surface area contributed by atoms with Gasteiger partial charge in [-0.15, -0.1) is 0 Å². The summed E-state index contributed by atoms with van der Waals surface area (Å²) >= 11 is 0. The van der Waals surface area contributed by atoms with E-state index in [4.69, 9.17) is 5.11 Å². The molecule has 1 aromatic rings. The van der Waals surface area contributed by atoms with Gasteiger partial charge in [-0.2, -0.15) is 0 Å². The first-order valence-electron chi connectivity index (χ1n) is 3.78. The lowest BCUT2D eigenvalue weighted by molar-refractivity contribution is 0.0693. The molecule has 0 aliphatic carbocycles. The van der Waals surface area contributed by atoms with E-state index in [1.165, 1.54) is 0 Å². The molecular weight excluding hydrogens is 190 g/mol. The topological polar surface area (TPSA) is 104 Å². The highest BCUT2D eigenvalue weighted by atomic mass is 16.4. The number of hydrogen-bond acceptors (Lipinski definition) is 4. The SMILES string of the molecule is CNCn1cc(C(=O)O)c(=O)[nH]c1=O. The molecule has 0 unspecified atom stereocenters. The minimum absolute atomic E-state index is 0.135. The average molecular weight is 199 g/mol. The van der Waals surface area contributed by atoms with Crippen molar-refractivity contribution in [2.45, 2.75) is 6.67 Å². The number of nitrogens with one attached hydrogen (secondary N) is 2. The predicted octanol–water partition coefficient (Wildman–Crippen LogP) is -1.59. The van der Waals surface area contributed by atoms with Crippen LogP contribution in [-0.4, -0.2) is 27.7 Å². The summed E-state index contributed by atoms with van der Waals surface area (Å²) in [4.78, 5) is 34.5. The van der Waals surface area contributed by atoms with Gasteiger partial charge in [0.05, 0.1) is 6.67 Å². The first-order chi connectivity index (χ1) is 6.56. The van der Waals surface area contributed by atoms with Crippen LogP contribution in [0.1, 0.15) is 10.4 Å². The number of H-pyrrole nitrogens is 1. The van der Waals surface area contributed by atoms with Crippen LogP contribution in [0.5, 0.6) is 0 Å². The summed E-state index contributed by atoms with van der Waals surface area (Å²) in [6.45, 7) is 0.135. The predicted molar refractivity (Wildman–Crippen MR) is 47.3 cm³/mol. The van der Waals surface area contributed by atoms with Crippen LogP contribution in [0.4, 0.5) is 0 Å². The summed E-state index contributed by atoms with van der Waals surface area (Å²) in [5, 5.41) is 11.3. The van der Waals surface area contributed by atoms with E-state index in [2.05, 4.69) is 5.32 Å². The van der Waals surface area contributed by atoms with E-state index in [1.54, 1.807) is 7.05 Å². The van der Waals surface area contributed by atoms with Crippen molar-refractivity contribution in [1.82, 2.24) is 14.9 Å². The van der Waals surface area contributed by atoms with Crippen LogP contribution in [0.15, 0.2) is 15.8 Å². The molecule has 76 valence electrons. The number of hydrogen-bond donors (Lipinski definition) is 3. The minimum atomic E-state index is -1.36. The number of aromatic amines is 1. The van der Waals surface area contributed by atoms with Gasteiger partial charge in [0.15, 0.2) is 0 Å². The van der Waals surface area contributed by atoms with Crippen molar-refractivity contribution in [3.8, 4) is 0 Å². The second kappa shape index (κ2) is 3.88. The van der Waals surface area contributed by atoms with Gasteiger partial charge in [-0.25, -0.2) is 9.59 Å². The fourth-order valence-electron chi connectivity index (χ4n) is 0.949. The summed E-state index contributed by atoms with van der Waals surface area (Å²) in [6.07, 6.45) is 1.00. The van der Waals surface area contributed by atoms with E-state index in [9.17, 15) is 14.4 Å². The van der Waals surface area contributed by atoms with E-state index in [0.29, 0.717) is 0 Å². The third kappa shape index (κ3) is 1.88. The molecule has 1 rings (SSSR count). The Hall–Kier alpha value is -1.89. The van der Waals surface area contributed by atoms with Gasteiger partial charge in [0.25, 0.3) is 5.56 Å². The second-order valence-electron chi connectivity index (χ2n) is 2.59. The maximum atomic E-state index is 11.1. The van der Waals surface area contributed by atoms with Crippen molar-refractivity contribution in [1.29, 1.82) is 0 Å². The lowest BCUT2D eigenvalue weighted by atomic mass is 10.3. The van der Waals surface area contributed by atoms with Gasteiger partial charge < -0.3 is 10.4 Å². The zero-order chi connectivity index (χ0) is 10.7. The van der Waals surface area contributed by atoms with Crippen LogP contribution < -0.4 is 16.6 Å². The molecule has 0 radical (unpaired) electrons. The molecule has 0 amide bonds. The summed E-state index contributed by atoms with van der Waals surface area (Å²) in [5.74, 6) is -1.36. The lowest BCUT2D eigenvalue weighted by Crippen LogP contribution is -2.35. The van der Waals surface area contributed by atoms with Gasteiger partial charge in [0.1, 0.15) is 5.56 Å². The van der Waals surface area contributed by atoms with Crippen molar-refractivity contribution >= 4 is 5.97 Å². The highest BCUT2D eigenvalue weighted by Gasteiger charge is 2.10. The Kier molecular flexibility index (Phi) is 2.82. The molecule has 0 saturated heterocycles. The van der Waals surface area contributed by atoms with Gasteiger partial charge in [-0.1, -0.05) is 0 Å². The molecule has 7 heteroatoms. The number of aromatic nitrogens is 2. The number of rotatable bonds is 3. The fourth-order valence-corrected chi connectivity index (χ4v) is 0.949. The molecule has 7 nitrogen and oxygen atoms in total. The van der Waals surface area contributed by atoms with Crippen molar-refractivity contribution in [3.63, 3.8) is 0 Å². The molecule has 3 N–H and O–H groups in total. The number of nitrogens with zero attached hydrogens (tertiary/aromatic N) is 1. The minimum Gasteiger partial charge on any atom is -0.477 e. The van der Waals surface area contributed by atoms with Gasteiger partial charge >= 0.3 is 11.7 Å². The Bertz CT molecular complexity index is 459. The van der Waals surface area contributed by atoms with Crippen LogP contribution in [0.3, 0.4) is 0 Å². The molecule has 1 heterocycles. The summed E-state index contributed by atoms with van der Waals surface area (Å²) < 4.78 is 1.06. The van der Waals surface area contributed by atoms with Crippen LogP contribution in [0, 0.1) is 0 Å². The highest BCUT2D eigenvalue weighted by Crippen LogP contribution is 1.86. The van der Waals surface area contributed by atoms with Crippen molar-refractivity contribution in [2.75, 3.05) is 7.05 Å². The highest BCUT2D eigenvalue weighted by molar-refractivity contribution is 5.86. The molecule has 0 bridgehead atoms. The number of carbonyl (C=O) groups is 1. The number of carboxylic acids is 1. The molecule has 1 aromatic heterocycles. The summed E-state index contributed by atoms with van der Waals surface area (Å²) in [7, 11) is 1.60. The van der Waals surface area contributed by atoms with Crippen molar-refractivity contribution in [2.24, 2.45) is 0 Å². The maximum Gasteiger partial charge on any atom is 0.342 e. The average Bonchev–Trinajstić information content (AvgIpc) is 2.09. The molecule has 14 heavy (non-hydrogen) atoms. The van der Waals surface area contributed by atoms with Crippen molar-refractivity contribution < 1.29 is 9.90 Å². The van der Waals surface area contributed by atoms with Gasteiger partial charge in [0, 0.05) is 6.20 Å². The van der Waals surface area contributed by atoms with E-state index < -0.39 is 22.8 Å². The van der Waals surface area contributed by atoms with Crippen LogP contribution >= 0.6 is 0 Å². The van der Waals surface area contributed by atoms with Crippen molar-refractivity contribution in [3.05, 3.63) is 32.6 Å². The van der Waals surface area contributed by atoms with Gasteiger partial charge in [-0.3, -0.25) is 14.3 Å².